The third-order valence-electron chi connectivity index (χ3n) is 30.0. The van der Waals surface area contributed by atoms with Crippen LogP contribution in [0.3, 0.4) is 0 Å². The zero-order valence-corrected chi connectivity index (χ0v) is 80.7. The molecular weight excluding hydrogens is 1850 g/mol. The van der Waals surface area contributed by atoms with Crippen LogP contribution in [0.25, 0.3) is 0 Å². The number of carbonyl (C=O) groups is 14. The van der Waals surface area contributed by atoms with Crippen molar-refractivity contribution in [3.8, 4) is 23.0 Å². The number of carbonyl (C=O) groups excluding carboxylic acids is 13. The summed E-state index contributed by atoms with van der Waals surface area (Å²) < 4.78 is 47.3. The van der Waals surface area contributed by atoms with E-state index in [9.17, 15) is 62.3 Å². The van der Waals surface area contributed by atoms with Crippen LogP contribution in [0.1, 0.15) is 229 Å². The van der Waals surface area contributed by atoms with Gasteiger partial charge in [-0.1, -0.05) is 127 Å². The first-order chi connectivity index (χ1) is 69.5. The van der Waals surface area contributed by atoms with Gasteiger partial charge < -0.3 is 57.7 Å². The highest BCUT2D eigenvalue weighted by Gasteiger charge is 2.49. The molecule has 23 rings (SSSR count). The number of ketones is 8. The summed E-state index contributed by atoms with van der Waals surface area (Å²) in [7, 11) is 0. The fraction of sp³-hybridized carbons (Fsp3) is 0.441. The molecule has 0 aromatic heterocycles. The molecule has 4 saturated carbocycles. The molecule has 11 fully saturated rings. The molecule has 31 nitrogen and oxygen atoms in total. The van der Waals surface area contributed by atoms with E-state index in [4.69, 9.17) is 59.4 Å². The number of ether oxygens (including phenoxy) is 8. The molecule has 11 heterocycles. The van der Waals surface area contributed by atoms with E-state index < -0.39 is 36.0 Å². The van der Waals surface area contributed by atoms with Crippen molar-refractivity contribution in [1.29, 1.82) is 0 Å². The number of amides is 5. The van der Waals surface area contributed by atoms with E-state index in [-0.39, 0.29) is 133 Å². The summed E-state index contributed by atoms with van der Waals surface area (Å²) in [6, 6.07) is 51.4. The summed E-state index contributed by atoms with van der Waals surface area (Å²) in [4.78, 5) is 185. The van der Waals surface area contributed by atoms with Crippen molar-refractivity contribution in [1.82, 2.24) is 39.2 Å². The molecule has 1 N–H and O–H groups in total. The number of morpholine rings is 4. The van der Waals surface area contributed by atoms with E-state index in [2.05, 4.69) is 92.4 Å². The zero-order chi connectivity index (χ0) is 99.1. The predicted molar refractivity (Wildman–Crippen MR) is 519 cm³/mol. The quantitative estimate of drug-likeness (QED) is 0.0333. The minimum atomic E-state index is -0.892. The minimum absolute atomic E-state index is 0.0391. The van der Waals surface area contributed by atoms with Crippen molar-refractivity contribution in [2.45, 2.75) is 248 Å². The highest BCUT2D eigenvalue weighted by Crippen LogP contribution is 2.44. The first kappa shape index (κ1) is 99.1. The van der Waals surface area contributed by atoms with E-state index >= 15 is 0 Å². The van der Waals surface area contributed by atoms with Gasteiger partial charge in [0.1, 0.15) is 72.6 Å². The number of nitrogens with zero attached hydrogens (tertiary/aromatic N) is 8. The Labute approximate surface area is 833 Å². The molecule has 8 aromatic carbocycles. The topological polar surface area (TPSA) is 359 Å². The number of halogens is 1. The molecule has 8 aromatic rings. The molecule has 10 atom stereocenters. The van der Waals surface area contributed by atoms with Gasteiger partial charge in [0.2, 0.25) is 0 Å². The Morgan fingerprint density at radius 3 is 1.09 bits per heavy atom. The van der Waals surface area contributed by atoms with E-state index in [1.54, 1.807) is 57.2 Å². The Hall–Kier alpha value is -12.7. The van der Waals surface area contributed by atoms with E-state index in [0.29, 0.717) is 158 Å². The molecule has 7 saturated heterocycles. The molecule has 11 aliphatic heterocycles. The average molecular weight is 1970 g/mol. The summed E-state index contributed by atoms with van der Waals surface area (Å²) in [6.45, 7) is 14.9. The second-order valence-corrected chi connectivity index (χ2v) is 40.1. The Morgan fingerprint density at radius 2 is 0.685 bits per heavy atom. The van der Waals surface area contributed by atoms with Gasteiger partial charge in [-0.3, -0.25) is 91.6 Å². The summed E-state index contributed by atoms with van der Waals surface area (Å²) in [6.07, 6.45) is 10.8. The smallest absolute Gasteiger partial charge is 0.290 e. The third kappa shape index (κ3) is 22.8. The van der Waals surface area contributed by atoms with Crippen molar-refractivity contribution in [2.24, 2.45) is 0 Å². The largest absolute Gasteiger partial charge is 0.489 e. The molecule has 15 aliphatic rings. The summed E-state index contributed by atoms with van der Waals surface area (Å²) >= 11 is 6.45. The fourth-order valence-corrected chi connectivity index (χ4v) is 22.8. The molecule has 4 aliphatic carbocycles. The highest BCUT2D eigenvalue weighted by molar-refractivity contribution is 6.32. The number of hydrogen-bond donors (Lipinski definition) is 1. The fourth-order valence-electron chi connectivity index (χ4n) is 22.5. The van der Waals surface area contributed by atoms with Gasteiger partial charge in [0, 0.05) is 137 Å². The molecule has 0 radical (unpaired) electrons. The number of imide groups is 1. The van der Waals surface area contributed by atoms with Gasteiger partial charge in [-0.15, -0.1) is 0 Å². The lowest BCUT2D eigenvalue weighted by molar-refractivity contribution is -0.134. The van der Waals surface area contributed by atoms with Crippen molar-refractivity contribution in [2.75, 3.05) is 65.7 Å². The first-order valence-corrected chi connectivity index (χ1v) is 50.3. The maximum atomic E-state index is 13.2. The number of benzene rings is 8. The third-order valence-corrected chi connectivity index (χ3v) is 30.3. The van der Waals surface area contributed by atoms with Crippen LogP contribution in [0.5, 0.6) is 23.0 Å². The lowest BCUT2D eigenvalue weighted by atomic mass is 9.92. The minimum Gasteiger partial charge on any atom is -0.489 e. The van der Waals surface area contributed by atoms with Crippen LogP contribution < -0.4 is 18.9 Å². The summed E-state index contributed by atoms with van der Waals surface area (Å²) in [5, 5.41) is 7.32. The molecular formula is C111H117ClN8O23. The number of rotatable bonds is 24. The Balaban J connectivity index is 0.000000120. The van der Waals surface area contributed by atoms with E-state index in [0.717, 1.165) is 143 Å². The summed E-state index contributed by atoms with van der Waals surface area (Å²) in [5.41, 5.74) is 13.6. The average Bonchev–Trinajstić information content (AvgIpc) is 1.65. The zero-order valence-electron chi connectivity index (χ0n) is 79.9. The second kappa shape index (κ2) is 44.7. The Bertz CT molecular complexity index is 6170. The molecule has 10 unspecified atom stereocenters. The van der Waals surface area contributed by atoms with Crippen LogP contribution in [-0.4, -0.2) is 253 Å². The number of Topliss-reactive ketones (excluding diaryl/α,β-unsaturated/α-hetero) is 8. The van der Waals surface area contributed by atoms with Crippen molar-refractivity contribution >= 4 is 93.9 Å². The maximum absolute atomic E-state index is 13.2. The van der Waals surface area contributed by atoms with Crippen LogP contribution >= 0.6 is 11.6 Å². The molecule has 5 amide bonds. The number of hydrogen-bond acceptors (Lipinski definition) is 26. The molecule has 32 heteroatoms. The van der Waals surface area contributed by atoms with Gasteiger partial charge in [0.05, 0.1) is 136 Å². The van der Waals surface area contributed by atoms with Gasteiger partial charge in [-0.2, -0.15) is 0 Å². The lowest BCUT2D eigenvalue weighted by Gasteiger charge is -2.34. The molecule has 0 spiro atoms. The van der Waals surface area contributed by atoms with Gasteiger partial charge in [-0.05, 0) is 157 Å². The molecule has 746 valence electrons. The van der Waals surface area contributed by atoms with Crippen molar-refractivity contribution in [3.05, 3.63) is 258 Å². The first-order valence-electron chi connectivity index (χ1n) is 49.9. The van der Waals surface area contributed by atoms with Crippen LogP contribution in [0.2, 0.25) is 5.02 Å². The normalized spacial score (nSPS) is 24.6. The monoisotopic (exact) mass is 1960 g/mol. The van der Waals surface area contributed by atoms with Crippen molar-refractivity contribution < 1.29 is 110 Å². The Kier molecular flexibility index (Phi) is 30.9. The predicted octanol–water partition coefficient (Wildman–Crippen LogP) is 12.6. The van der Waals surface area contributed by atoms with Crippen LogP contribution in [0.4, 0.5) is 0 Å². The van der Waals surface area contributed by atoms with Gasteiger partial charge in [0.15, 0.2) is 23.1 Å². The second-order valence-electron chi connectivity index (χ2n) is 39.7. The van der Waals surface area contributed by atoms with Crippen molar-refractivity contribution in [3.63, 3.8) is 0 Å². The van der Waals surface area contributed by atoms with Gasteiger partial charge >= 0.3 is 0 Å². The molecule has 143 heavy (non-hydrogen) atoms. The van der Waals surface area contributed by atoms with E-state index in [1.807, 2.05) is 48.5 Å². The van der Waals surface area contributed by atoms with Crippen LogP contribution in [-0.2, 0) is 134 Å². The van der Waals surface area contributed by atoms with Crippen LogP contribution in [0, 0.1) is 0 Å². The maximum Gasteiger partial charge on any atom is 0.290 e. The SMILES string of the molecule is O=C1CCC(N2C(=O)c3cccc(OCc4ccc(CN5CC6CCC(C5)O6)cc4)c3C2=O)C(=O)C1.O=C1CCC(N2Cc3c(OCc4ccc(CN5C6CCC5COC6)cc4)cccc3C2=O)C(=O)C1.O=C1CCC(N2Cc3c(OCc4ccc(CN5CC6CCC(C5)O6)cc4)cccc3C2=O)C(=O)C1.O=C1CCC(N2Cc3c(ccc(Cl)c3OCc3ccc(CN4CCOCC4)cc3)C2=O)C(=O)C1.O=CO. The number of likely N-dealkylation sites (tertiary alicyclic amines) is 2. The molecule has 6 bridgehead atoms. The Morgan fingerprint density at radius 1 is 0.343 bits per heavy atom. The van der Waals surface area contributed by atoms with Gasteiger partial charge in [0.25, 0.3) is 36.0 Å². The van der Waals surface area contributed by atoms with E-state index in [1.165, 1.54) is 47.9 Å². The van der Waals surface area contributed by atoms with Crippen LogP contribution in [0.15, 0.2) is 164 Å². The number of carboxylic acid groups (broad SMARTS) is 1. The highest BCUT2D eigenvalue weighted by atomic mass is 35.5. The lowest BCUT2D eigenvalue weighted by Crippen LogP contribution is -2.47. The van der Waals surface area contributed by atoms with Gasteiger partial charge in [-0.25, -0.2) is 0 Å². The standard InChI is InChI=1S/C28H28N2O6.2C28H30N2O5.C26H27ClN2O5.CH2O2/c31-19-8-11-23(24(32)12-19)30-27(33)22-2-1-3-25(26(22)28(30)34)35-16-18-6-4-17(5-7-18)13-29-14-20-9-10-21(15-29)36-20;31-20-8-11-25(26(32)12-20)30-16-24-23(28(30)33)2-1-3-27(24)34-17-19-6-4-18(5-7-19)13-29-14-21-9-10-22(15-29)35-21;31-22-10-11-25(26(32)12-22)30-14-24-23(28(30)33)2-1-3-27(24)35-15-19-6-4-18(5-7-19)13-29-20-8-9-21(29)17-34-16-20;27-22-7-6-20-21(15-29(26(20)32)23-8-5-19(30)13-24(23)31)25(22)34-16-18-3-1-17(2-4-18)14-28-9-11-33-12-10-28;2-1-3/h1-7,20-21,23H,8-16H2;1-7,21-22,25H,8-17H2;1-7,20-21,25H,8-17H2;1-4,6-7,23H,5,8-16H2;1H,(H,2,3). The number of fused-ring (bicyclic) bond motifs is 10. The summed E-state index contributed by atoms with van der Waals surface area (Å²) in [5.74, 6) is -0.596.